The van der Waals surface area contributed by atoms with Crippen molar-refractivity contribution in [3.05, 3.63) is 0 Å². The molecule has 21 heavy (non-hydrogen) atoms. The summed E-state index contributed by atoms with van der Waals surface area (Å²) in [5, 5.41) is 0. The quantitative estimate of drug-likeness (QED) is 0.786. The number of ether oxygens (including phenoxy) is 3. The Morgan fingerprint density at radius 1 is 1.33 bits per heavy atom. The van der Waals surface area contributed by atoms with Crippen LogP contribution in [-0.4, -0.2) is 48.2 Å². The second-order valence-corrected chi connectivity index (χ2v) is 7.58. The molecule has 2 heterocycles. The number of carbonyl (C=O) groups is 1. The van der Waals surface area contributed by atoms with Crippen LogP contribution in [0.15, 0.2) is 0 Å². The molecule has 0 aliphatic carbocycles. The predicted molar refractivity (Wildman–Crippen MR) is 80.1 cm³/mol. The first-order valence-corrected chi connectivity index (χ1v) is 7.93. The summed E-state index contributed by atoms with van der Waals surface area (Å²) >= 11 is 0. The fraction of sp³-hybridized carbons (Fsp3) is 0.938. The van der Waals surface area contributed by atoms with Crippen molar-refractivity contribution < 1.29 is 19.0 Å². The summed E-state index contributed by atoms with van der Waals surface area (Å²) in [4.78, 5) is 14.3. The van der Waals surface area contributed by atoms with Gasteiger partial charge < -0.3 is 14.2 Å². The summed E-state index contributed by atoms with van der Waals surface area (Å²) in [5.41, 5.74) is -1.10. The highest BCUT2D eigenvalue weighted by molar-refractivity contribution is 5.69. The van der Waals surface area contributed by atoms with Crippen molar-refractivity contribution in [2.24, 2.45) is 5.92 Å². The van der Waals surface area contributed by atoms with E-state index in [1.807, 2.05) is 34.6 Å². The van der Waals surface area contributed by atoms with Gasteiger partial charge >= 0.3 is 6.09 Å². The fourth-order valence-electron chi connectivity index (χ4n) is 3.12. The lowest BCUT2D eigenvalue weighted by Crippen LogP contribution is -2.50. The monoisotopic (exact) mass is 299 g/mol. The third kappa shape index (κ3) is 4.33. The number of hydrogen-bond donors (Lipinski definition) is 0. The van der Waals surface area contributed by atoms with Gasteiger partial charge in [-0.25, -0.2) is 4.79 Å². The van der Waals surface area contributed by atoms with Crippen LogP contribution in [0.2, 0.25) is 0 Å². The summed E-state index contributed by atoms with van der Waals surface area (Å²) in [7, 11) is 0. The molecule has 5 nitrogen and oxygen atoms in total. The van der Waals surface area contributed by atoms with Crippen LogP contribution in [0.4, 0.5) is 4.79 Å². The van der Waals surface area contributed by atoms with Crippen molar-refractivity contribution in [3.63, 3.8) is 0 Å². The second kappa shape index (κ2) is 6.13. The zero-order chi connectivity index (χ0) is 15.7. The molecule has 0 aromatic rings. The SMILES string of the molecule is CC(C)(C)OC(=O)N1[C@@H](CC2CCCOC2)COC1(C)C. The zero-order valence-electron chi connectivity index (χ0n) is 14.0. The lowest BCUT2D eigenvalue weighted by molar-refractivity contribution is -0.0639. The van der Waals surface area contributed by atoms with Gasteiger partial charge in [0.1, 0.15) is 11.3 Å². The molecule has 122 valence electrons. The van der Waals surface area contributed by atoms with Gasteiger partial charge in [-0.05, 0) is 59.8 Å². The molecule has 2 fully saturated rings. The Labute approximate surface area is 127 Å². The highest BCUT2D eigenvalue weighted by Crippen LogP contribution is 2.33. The van der Waals surface area contributed by atoms with Gasteiger partial charge in [-0.3, -0.25) is 4.90 Å². The van der Waals surface area contributed by atoms with E-state index in [4.69, 9.17) is 14.2 Å². The molecule has 2 saturated heterocycles. The Morgan fingerprint density at radius 3 is 2.62 bits per heavy atom. The minimum atomic E-state index is -0.609. The van der Waals surface area contributed by atoms with Crippen molar-refractivity contribution in [1.29, 1.82) is 0 Å². The molecule has 0 spiro atoms. The predicted octanol–water partition coefficient (Wildman–Crippen LogP) is 3.18. The minimum Gasteiger partial charge on any atom is -0.444 e. The molecular formula is C16H29NO4. The number of carbonyl (C=O) groups excluding carboxylic acids is 1. The van der Waals surface area contributed by atoms with E-state index in [0.29, 0.717) is 12.5 Å². The maximum absolute atomic E-state index is 12.5. The van der Waals surface area contributed by atoms with E-state index in [1.165, 1.54) is 6.42 Å². The smallest absolute Gasteiger partial charge is 0.412 e. The fourth-order valence-corrected chi connectivity index (χ4v) is 3.12. The van der Waals surface area contributed by atoms with Crippen molar-refractivity contribution >= 4 is 6.09 Å². The summed E-state index contributed by atoms with van der Waals surface area (Å²) in [6, 6.07) is 0.0709. The van der Waals surface area contributed by atoms with Crippen LogP contribution in [-0.2, 0) is 14.2 Å². The number of hydrogen-bond acceptors (Lipinski definition) is 4. The summed E-state index contributed by atoms with van der Waals surface area (Å²) < 4.78 is 16.9. The molecule has 0 saturated carbocycles. The minimum absolute atomic E-state index is 0.0709. The third-order valence-corrected chi connectivity index (χ3v) is 4.02. The molecule has 0 aromatic carbocycles. The van der Waals surface area contributed by atoms with Crippen LogP contribution < -0.4 is 0 Å². The van der Waals surface area contributed by atoms with Crippen LogP contribution in [0.1, 0.15) is 53.9 Å². The average molecular weight is 299 g/mol. The van der Waals surface area contributed by atoms with Crippen LogP contribution >= 0.6 is 0 Å². The molecule has 2 atom stereocenters. The Balaban J connectivity index is 2.03. The lowest BCUT2D eigenvalue weighted by Gasteiger charge is -2.36. The average Bonchev–Trinajstić information content (AvgIpc) is 2.63. The van der Waals surface area contributed by atoms with Crippen molar-refractivity contribution in [1.82, 2.24) is 4.90 Å². The van der Waals surface area contributed by atoms with Crippen molar-refractivity contribution in [2.75, 3.05) is 19.8 Å². The Bertz CT molecular complexity index is 369. The van der Waals surface area contributed by atoms with Gasteiger partial charge in [0.05, 0.1) is 12.6 Å². The standard InChI is InChI=1S/C16H29NO4/c1-15(2,3)21-14(18)17-13(11-20-16(17,4)5)9-12-7-6-8-19-10-12/h12-13H,6-11H2,1-5H3/t12?,13-/m0/s1. The molecule has 0 N–H and O–H groups in total. The van der Waals surface area contributed by atoms with Crippen LogP contribution in [0.3, 0.4) is 0 Å². The van der Waals surface area contributed by atoms with Gasteiger partial charge in [0.15, 0.2) is 0 Å². The van der Waals surface area contributed by atoms with Crippen molar-refractivity contribution in [2.45, 2.75) is 71.2 Å². The Hall–Kier alpha value is -0.810. The third-order valence-electron chi connectivity index (χ3n) is 4.02. The largest absolute Gasteiger partial charge is 0.444 e. The molecular weight excluding hydrogens is 270 g/mol. The summed E-state index contributed by atoms with van der Waals surface area (Å²) in [6.07, 6.45) is 2.90. The van der Waals surface area contributed by atoms with E-state index >= 15 is 0 Å². The maximum atomic E-state index is 12.5. The molecule has 1 amide bonds. The van der Waals surface area contributed by atoms with Gasteiger partial charge in [0, 0.05) is 13.2 Å². The van der Waals surface area contributed by atoms with E-state index in [1.54, 1.807) is 4.90 Å². The van der Waals surface area contributed by atoms with Gasteiger partial charge in [-0.2, -0.15) is 0 Å². The molecule has 0 radical (unpaired) electrons. The van der Waals surface area contributed by atoms with Gasteiger partial charge in [-0.1, -0.05) is 0 Å². The van der Waals surface area contributed by atoms with Crippen LogP contribution in [0, 0.1) is 5.92 Å². The zero-order valence-corrected chi connectivity index (χ0v) is 14.0. The van der Waals surface area contributed by atoms with E-state index in [9.17, 15) is 4.79 Å². The summed E-state index contributed by atoms with van der Waals surface area (Å²) in [5.74, 6) is 0.506. The Morgan fingerprint density at radius 2 is 2.05 bits per heavy atom. The highest BCUT2D eigenvalue weighted by atomic mass is 16.6. The molecule has 2 rings (SSSR count). The van der Waals surface area contributed by atoms with Gasteiger partial charge in [0.2, 0.25) is 0 Å². The first-order chi connectivity index (χ1) is 9.69. The molecule has 0 bridgehead atoms. The van der Waals surface area contributed by atoms with Crippen molar-refractivity contribution in [3.8, 4) is 0 Å². The second-order valence-electron chi connectivity index (χ2n) is 7.58. The van der Waals surface area contributed by atoms with Crippen LogP contribution in [0.25, 0.3) is 0 Å². The number of amides is 1. The van der Waals surface area contributed by atoms with E-state index < -0.39 is 11.3 Å². The lowest BCUT2D eigenvalue weighted by atomic mass is 9.94. The first-order valence-electron chi connectivity index (χ1n) is 7.93. The summed E-state index contributed by atoms with van der Waals surface area (Å²) in [6.45, 7) is 11.7. The molecule has 1 unspecified atom stereocenters. The normalized spacial score (nSPS) is 29.5. The topological polar surface area (TPSA) is 48.0 Å². The van der Waals surface area contributed by atoms with Gasteiger partial charge in [0.25, 0.3) is 0 Å². The van der Waals surface area contributed by atoms with E-state index in [2.05, 4.69) is 0 Å². The maximum Gasteiger partial charge on any atom is 0.412 e. The molecule has 0 aromatic heterocycles. The molecule has 5 heteroatoms. The van der Waals surface area contributed by atoms with Gasteiger partial charge in [-0.15, -0.1) is 0 Å². The molecule has 2 aliphatic heterocycles. The number of nitrogens with zero attached hydrogens (tertiary/aromatic N) is 1. The van der Waals surface area contributed by atoms with Crippen LogP contribution in [0.5, 0.6) is 0 Å². The van der Waals surface area contributed by atoms with E-state index in [-0.39, 0.29) is 12.1 Å². The Kier molecular flexibility index (Phi) is 4.83. The molecule has 2 aliphatic rings. The first kappa shape index (κ1) is 16.6. The van der Waals surface area contributed by atoms with E-state index in [0.717, 1.165) is 26.1 Å². The highest BCUT2D eigenvalue weighted by Gasteiger charge is 2.46. The number of rotatable bonds is 2.